The van der Waals surface area contributed by atoms with Crippen LogP contribution in [0.1, 0.15) is 5.56 Å². The highest BCUT2D eigenvalue weighted by Crippen LogP contribution is 2.14. The summed E-state index contributed by atoms with van der Waals surface area (Å²) in [5.41, 5.74) is 0.626. The van der Waals surface area contributed by atoms with Crippen molar-refractivity contribution in [3.63, 3.8) is 0 Å². The topological polar surface area (TPSA) is 60.2 Å². The van der Waals surface area contributed by atoms with Crippen LogP contribution in [0, 0.1) is 10.1 Å². The molecule has 1 rings (SSSR count). The maximum atomic E-state index is 10.5. The minimum Gasteiger partial charge on any atom is -0.282 e. The van der Waals surface area contributed by atoms with Crippen LogP contribution in [-0.2, 0) is 4.79 Å². The number of carbonyl (C=O) groups excluding carboxylic acids is 1. The van der Waals surface area contributed by atoms with Gasteiger partial charge in [0, 0.05) is 12.1 Å². The number of non-ortho nitro benzene ring substituents is 1. The Morgan fingerprint density at radius 1 is 1.50 bits per heavy atom. The van der Waals surface area contributed by atoms with Crippen LogP contribution in [0.3, 0.4) is 0 Å². The van der Waals surface area contributed by atoms with Crippen molar-refractivity contribution in [2.45, 2.75) is 0 Å². The lowest BCUT2D eigenvalue weighted by Gasteiger charge is -1.92. The van der Waals surface area contributed by atoms with Crippen molar-refractivity contribution in [2.75, 3.05) is 0 Å². The summed E-state index contributed by atoms with van der Waals surface area (Å²) in [6.45, 7) is 0. The van der Waals surface area contributed by atoms with Crippen molar-refractivity contribution in [3.8, 4) is 0 Å². The molecule has 0 aliphatic heterocycles. The number of hydrogen-bond acceptors (Lipinski definition) is 3. The van der Waals surface area contributed by atoms with Gasteiger partial charge in [0.15, 0.2) is 0 Å². The Hall–Kier alpha value is -1.49. The number of allylic oxidation sites excluding steroid dienone is 1. The van der Waals surface area contributed by atoms with Gasteiger partial charge in [-0.25, -0.2) is 0 Å². The first-order valence-electron chi connectivity index (χ1n) is 3.71. The van der Waals surface area contributed by atoms with E-state index in [-0.39, 0.29) is 10.4 Å². The Kier molecular flexibility index (Phi) is 3.53. The number of carbonyl (C=O) groups is 1. The molecule has 5 heteroatoms. The van der Waals surface area contributed by atoms with E-state index in [9.17, 15) is 14.9 Å². The molecular formula is C9H6BrNO3. The molecule has 0 fully saturated rings. The molecule has 0 atom stereocenters. The SMILES string of the molecule is O=C(Br)/C=C/c1cccc([N+](=O)[O-])c1. The van der Waals surface area contributed by atoms with Crippen LogP contribution in [0.5, 0.6) is 0 Å². The van der Waals surface area contributed by atoms with E-state index < -0.39 is 4.92 Å². The van der Waals surface area contributed by atoms with Crippen LogP contribution >= 0.6 is 15.9 Å². The highest BCUT2D eigenvalue weighted by molar-refractivity contribution is 9.18. The second-order valence-electron chi connectivity index (χ2n) is 2.49. The Labute approximate surface area is 88.5 Å². The molecule has 1 aromatic rings. The van der Waals surface area contributed by atoms with Gasteiger partial charge in [-0.3, -0.25) is 14.9 Å². The number of rotatable bonds is 3. The zero-order valence-corrected chi connectivity index (χ0v) is 8.60. The summed E-state index contributed by atoms with van der Waals surface area (Å²) in [6.07, 6.45) is 2.79. The number of nitro groups is 1. The lowest BCUT2D eigenvalue weighted by Crippen LogP contribution is -1.87. The highest BCUT2D eigenvalue weighted by Gasteiger charge is 2.03. The summed E-state index contributed by atoms with van der Waals surface area (Å²) in [5, 5.41) is 10.4. The van der Waals surface area contributed by atoms with E-state index in [2.05, 4.69) is 15.9 Å². The van der Waals surface area contributed by atoms with E-state index in [1.54, 1.807) is 12.1 Å². The Morgan fingerprint density at radius 3 is 2.79 bits per heavy atom. The van der Waals surface area contributed by atoms with E-state index in [4.69, 9.17) is 0 Å². The zero-order valence-electron chi connectivity index (χ0n) is 7.01. The summed E-state index contributed by atoms with van der Waals surface area (Å²) in [7, 11) is 0. The molecule has 0 saturated heterocycles. The van der Waals surface area contributed by atoms with Gasteiger partial charge in [-0.05, 0) is 27.6 Å². The quantitative estimate of drug-likeness (QED) is 0.361. The summed E-state index contributed by atoms with van der Waals surface area (Å²) in [6, 6.07) is 6.04. The third-order valence-corrected chi connectivity index (χ3v) is 1.75. The average Bonchev–Trinajstić information content (AvgIpc) is 2.15. The third kappa shape index (κ3) is 3.10. The summed E-state index contributed by atoms with van der Waals surface area (Å²) in [4.78, 5) is 20.4. The highest BCUT2D eigenvalue weighted by atomic mass is 79.9. The van der Waals surface area contributed by atoms with Gasteiger partial charge in [0.2, 0.25) is 4.69 Å². The van der Waals surface area contributed by atoms with Crippen molar-refractivity contribution in [1.29, 1.82) is 0 Å². The van der Waals surface area contributed by atoms with Crippen molar-refractivity contribution >= 4 is 32.4 Å². The molecule has 0 aliphatic rings. The van der Waals surface area contributed by atoms with Crippen molar-refractivity contribution in [1.82, 2.24) is 0 Å². The minimum absolute atomic E-state index is 0.00849. The second-order valence-corrected chi connectivity index (χ2v) is 3.27. The van der Waals surface area contributed by atoms with Gasteiger partial charge in [-0.1, -0.05) is 18.2 Å². The number of hydrogen-bond donors (Lipinski definition) is 0. The average molecular weight is 256 g/mol. The maximum absolute atomic E-state index is 10.5. The van der Waals surface area contributed by atoms with Gasteiger partial charge < -0.3 is 0 Å². The molecule has 0 aromatic heterocycles. The molecule has 0 N–H and O–H groups in total. The van der Waals surface area contributed by atoms with Crippen molar-refractivity contribution < 1.29 is 9.72 Å². The third-order valence-electron chi connectivity index (χ3n) is 1.49. The Bertz CT molecular complexity index is 401. The summed E-state index contributed by atoms with van der Waals surface area (Å²) in [5.74, 6) is 0. The van der Waals surface area contributed by atoms with Crippen LogP contribution in [0.2, 0.25) is 0 Å². The molecule has 0 radical (unpaired) electrons. The van der Waals surface area contributed by atoms with Crippen LogP contribution in [0.4, 0.5) is 5.69 Å². The molecule has 72 valence electrons. The summed E-state index contributed by atoms with van der Waals surface area (Å²) >= 11 is 2.72. The first kappa shape index (κ1) is 10.6. The molecule has 0 bridgehead atoms. The van der Waals surface area contributed by atoms with Crippen LogP contribution in [-0.4, -0.2) is 9.62 Å². The van der Waals surface area contributed by atoms with E-state index in [0.29, 0.717) is 5.56 Å². The predicted octanol–water partition coefficient (Wildman–Crippen LogP) is 2.53. The fourth-order valence-corrected chi connectivity index (χ4v) is 1.04. The smallest absolute Gasteiger partial charge is 0.270 e. The monoisotopic (exact) mass is 255 g/mol. The second kappa shape index (κ2) is 4.66. The Balaban J connectivity index is 2.94. The van der Waals surface area contributed by atoms with Gasteiger partial charge in [0.1, 0.15) is 0 Å². The van der Waals surface area contributed by atoms with Crippen LogP contribution < -0.4 is 0 Å². The van der Waals surface area contributed by atoms with E-state index in [1.807, 2.05) is 0 Å². The maximum Gasteiger partial charge on any atom is 0.270 e. The van der Waals surface area contributed by atoms with Gasteiger partial charge >= 0.3 is 0 Å². The van der Waals surface area contributed by atoms with Gasteiger partial charge in [-0.2, -0.15) is 0 Å². The van der Waals surface area contributed by atoms with Crippen LogP contribution in [0.15, 0.2) is 30.3 Å². The molecule has 4 nitrogen and oxygen atoms in total. The number of nitrogens with zero attached hydrogens (tertiary/aromatic N) is 1. The normalized spacial score (nSPS) is 10.4. The zero-order chi connectivity index (χ0) is 10.6. The van der Waals surface area contributed by atoms with Crippen LogP contribution in [0.25, 0.3) is 6.08 Å². The number of nitro benzene ring substituents is 1. The molecule has 0 aliphatic carbocycles. The molecule has 14 heavy (non-hydrogen) atoms. The molecule has 0 unspecified atom stereocenters. The fourth-order valence-electron chi connectivity index (χ4n) is 0.904. The first-order chi connectivity index (χ1) is 6.59. The molecule has 0 amide bonds. The van der Waals surface area contributed by atoms with E-state index >= 15 is 0 Å². The molecular weight excluding hydrogens is 250 g/mol. The van der Waals surface area contributed by atoms with Gasteiger partial charge in [-0.15, -0.1) is 0 Å². The van der Waals surface area contributed by atoms with Crippen molar-refractivity contribution in [3.05, 3.63) is 46.0 Å². The fraction of sp³-hybridized carbons (Fsp3) is 0. The molecule has 0 saturated carbocycles. The van der Waals surface area contributed by atoms with E-state index in [0.717, 1.165) is 0 Å². The standard InChI is InChI=1S/C9H6BrNO3/c10-9(12)5-4-7-2-1-3-8(6-7)11(13)14/h1-6H/b5-4+. The van der Waals surface area contributed by atoms with Gasteiger partial charge in [0.05, 0.1) is 4.92 Å². The molecule has 0 heterocycles. The first-order valence-corrected chi connectivity index (χ1v) is 4.51. The van der Waals surface area contributed by atoms with E-state index in [1.165, 1.54) is 24.3 Å². The molecule has 0 spiro atoms. The van der Waals surface area contributed by atoms with Crippen molar-refractivity contribution in [2.24, 2.45) is 0 Å². The lowest BCUT2D eigenvalue weighted by molar-refractivity contribution is -0.384. The van der Waals surface area contributed by atoms with Gasteiger partial charge in [0.25, 0.3) is 5.69 Å². The number of benzene rings is 1. The predicted molar refractivity (Wildman–Crippen MR) is 56.1 cm³/mol. The molecule has 1 aromatic carbocycles. The largest absolute Gasteiger partial charge is 0.282 e. The lowest BCUT2D eigenvalue weighted by atomic mass is 10.2. The number of halogens is 1. The minimum atomic E-state index is -0.479. The Morgan fingerprint density at radius 2 is 2.21 bits per heavy atom. The summed E-state index contributed by atoms with van der Waals surface area (Å²) < 4.78 is -0.274.